The highest BCUT2D eigenvalue weighted by Gasteiger charge is 2.14. The van der Waals surface area contributed by atoms with E-state index in [1.165, 1.54) is 70.6 Å². The van der Waals surface area contributed by atoms with Crippen molar-refractivity contribution in [3.63, 3.8) is 0 Å². The van der Waals surface area contributed by atoms with Crippen molar-refractivity contribution in [2.24, 2.45) is 0 Å². The van der Waals surface area contributed by atoms with Gasteiger partial charge >= 0.3 is 5.63 Å². The van der Waals surface area contributed by atoms with E-state index >= 15 is 0 Å². The van der Waals surface area contributed by atoms with Crippen molar-refractivity contribution in [1.82, 2.24) is 10.2 Å². The van der Waals surface area contributed by atoms with Crippen LogP contribution in [0.5, 0.6) is 0 Å². The predicted molar refractivity (Wildman–Crippen MR) is 134 cm³/mol. The number of hydrogen-bond donors (Lipinski definition) is 0. The van der Waals surface area contributed by atoms with Gasteiger partial charge in [0.05, 0.1) is 0 Å². The standard InChI is InChI=1S/C28H38N2O3/c1-2-3-4-5-6-7-8-9-10-11-12-13-14-15-16-21-26-29-30-27(33-26)24-22-23-19-17-18-20-25(23)32-28(24)31/h9-10,17-20,22H,2-8,11-16,21H2,1H3. The number of allylic oxidation sites excluding steroid dienone is 2. The van der Waals surface area contributed by atoms with Crippen LogP contribution in [0.25, 0.3) is 22.4 Å². The minimum atomic E-state index is -0.454. The minimum Gasteiger partial charge on any atom is -0.422 e. The summed E-state index contributed by atoms with van der Waals surface area (Å²) in [6, 6.07) is 9.15. The van der Waals surface area contributed by atoms with E-state index in [2.05, 4.69) is 29.3 Å². The second kappa shape index (κ2) is 14.5. The zero-order valence-electron chi connectivity index (χ0n) is 20.1. The number of aryl methyl sites for hydroxylation is 1. The smallest absolute Gasteiger partial charge is 0.349 e. The Bertz CT molecular complexity index is 1030. The van der Waals surface area contributed by atoms with Gasteiger partial charge in [0.25, 0.3) is 5.89 Å². The van der Waals surface area contributed by atoms with E-state index in [1.807, 2.05) is 18.2 Å². The van der Waals surface area contributed by atoms with Gasteiger partial charge in [0.1, 0.15) is 11.1 Å². The number of para-hydroxylation sites is 1. The van der Waals surface area contributed by atoms with Crippen molar-refractivity contribution >= 4 is 11.0 Å². The molecular weight excluding hydrogens is 412 g/mol. The fraction of sp³-hybridized carbons (Fsp3) is 0.536. The average Bonchev–Trinajstić information content (AvgIpc) is 3.30. The van der Waals surface area contributed by atoms with Crippen molar-refractivity contribution in [3.05, 3.63) is 58.8 Å². The maximum absolute atomic E-state index is 12.3. The Morgan fingerprint density at radius 2 is 1.45 bits per heavy atom. The monoisotopic (exact) mass is 450 g/mol. The molecule has 3 rings (SSSR count). The molecule has 0 aliphatic rings. The number of nitrogens with zero attached hydrogens (tertiary/aromatic N) is 2. The summed E-state index contributed by atoms with van der Waals surface area (Å²) in [7, 11) is 0. The van der Waals surface area contributed by atoms with Crippen LogP contribution >= 0.6 is 0 Å². The molecule has 3 aromatic rings. The number of hydrogen-bond acceptors (Lipinski definition) is 5. The molecule has 0 saturated heterocycles. The molecule has 0 amide bonds. The summed E-state index contributed by atoms with van der Waals surface area (Å²) in [6.07, 6.45) is 22.0. The molecule has 0 fully saturated rings. The summed E-state index contributed by atoms with van der Waals surface area (Å²) in [5.41, 5.74) is 0.418. The first-order valence-corrected chi connectivity index (χ1v) is 12.8. The summed E-state index contributed by atoms with van der Waals surface area (Å²) >= 11 is 0. The SMILES string of the molecule is CCCCCCCCC=CCCCCCCCc1nnc(-c2cc3ccccc3oc2=O)o1. The van der Waals surface area contributed by atoms with Gasteiger partial charge in [-0.3, -0.25) is 0 Å². The van der Waals surface area contributed by atoms with Gasteiger partial charge in [-0.15, -0.1) is 10.2 Å². The van der Waals surface area contributed by atoms with Gasteiger partial charge in [0, 0.05) is 11.8 Å². The van der Waals surface area contributed by atoms with Gasteiger partial charge in [0.2, 0.25) is 5.89 Å². The molecule has 2 heterocycles. The van der Waals surface area contributed by atoms with Crippen molar-refractivity contribution in [2.75, 3.05) is 0 Å². The van der Waals surface area contributed by atoms with Crippen LogP contribution in [0.1, 0.15) is 96.3 Å². The lowest BCUT2D eigenvalue weighted by atomic mass is 10.1. The Morgan fingerprint density at radius 1 is 0.788 bits per heavy atom. The molecule has 0 N–H and O–H groups in total. The predicted octanol–water partition coefficient (Wildman–Crippen LogP) is 8.03. The van der Waals surface area contributed by atoms with Crippen molar-refractivity contribution in [3.8, 4) is 11.5 Å². The Labute approximate surface area is 197 Å². The Hall–Kier alpha value is -2.69. The largest absolute Gasteiger partial charge is 0.422 e. The quantitative estimate of drug-likeness (QED) is 0.125. The van der Waals surface area contributed by atoms with Crippen LogP contribution < -0.4 is 5.63 Å². The van der Waals surface area contributed by atoms with Gasteiger partial charge in [0.15, 0.2) is 0 Å². The lowest BCUT2D eigenvalue weighted by Crippen LogP contribution is -2.02. The van der Waals surface area contributed by atoms with E-state index in [0.717, 1.165) is 24.6 Å². The van der Waals surface area contributed by atoms with Gasteiger partial charge in [-0.25, -0.2) is 4.79 Å². The molecule has 5 heteroatoms. The lowest BCUT2D eigenvalue weighted by molar-refractivity contribution is 0.483. The molecule has 5 nitrogen and oxygen atoms in total. The van der Waals surface area contributed by atoms with Crippen LogP contribution in [0.2, 0.25) is 0 Å². The summed E-state index contributed by atoms with van der Waals surface area (Å²) < 4.78 is 11.1. The molecule has 0 aliphatic carbocycles. The molecule has 33 heavy (non-hydrogen) atoms. The van der Waals surface area contributed by atoms with E-state index in [-0.39, 0.29) is 5.89 Å². The van der Waals surface area contributed by atoms with E-state index in [1.54, 1.807) is 12.1 Å². The average molecular weight is 451 g/mol. The molecule has 178 valence electrons. The second-order valence-corrected chi connectivity index (χ2v) is 8.82. The first-order valence-electron chi connectivity index (χ1n) is 12.8. The van der Waals surface area contributed by atoms with Crippen molar-refractivity contribution in [2.45, 2.75) is 96.8 Å². The first-order chi connectivity index (χ1) is 16.3. The summed E-state index contributed by atoms with van der Waals surface area (Å²) in [4.78, 5) is 12.3. The number of aromatic nitrogens is 2. The van der Waals surface area contributed by atoms with E-state index in [9.17, 15) is 4.79 Å². The fourth-order valence-corrected chi connectivity index (χ4v) is 4.02. The van der Waals surface area contributed by atoms with E-state index < -0.39 is 5.63 Å². The van der Waals surface area contributed by atoms with Crippen LogP contribution in [0.15, 0.2) is 56.1 Å². The third kappa shape index (κ3) is 8.64. The number of fused-ring (bicyclic) bond motifs is 1. The maximum atomic E-state index is 12.3. The Balaban J connectivity index is 1.27. The Kier molecular flexibility index (Phi) is 10.9. The third-order valence-corrected chi connectivity index (χ3v) is 5.99. The van der Waals surface area contributed by atoms with Crippen LogP contribution in [0, 0.1) is 0 Å². The fourth-order valence-electron chi connectivity index (χ4n) is 4.02. The zero-order valence-corrected chi connectivity index (χ0v) is 20.1. The maximum Gasteiger partial charge on any atom is 0.349 e. The molecule has 2 aromatic heterocycles. The first kappa shape index (κ1) is 24.9. The normalized spacial score (nSPS) is 11.7. The van der Waals surface area contributed by atoms with Gasteiger partial charge in [-0.2, -0.15) is 0 Å². The minimum absolute atomic E-state index is 0.234. The molecule has 0 spiro atoms. The van der Waals surface area contributed by atoms with E-state index in [0.29, 0.717) is 17.0 Å². The van der Waals surface area contributed by atoms with Gasteiger partial charge in [-0.1, -0.05) is 88.6 Å². The number of benzene rings is 1. The van der Waals surface area contributed by atoms with Crippen LogP contribution in [0.3, 0.4) is 0 Å². The molecule has 0 radical (unpaired) electrons. The zero-order chi connectivity index (χ0) is 23.1. The molecule has 0 atom stereocenters. The summed E-state index contributed by atoms with van der Waals surface area (Å²) in [5, 5.41) is 9.01. The summed E-state index contributed by atoms with van der Waals surface area (Å²) in [6.45, 7) is 2.27. The van der Waals surface area contributed by atoms with Gasteiger partial charge in [-0.05, 0) is 44.2 Å². The van der Waals surface area contributed by atoms with Crippen molar-refractivity contribution < 1.29 is 8.83 Å². The molecular formula is C28H38N2O3. The lowest BCUT2D eigenvalue weighted by Gasteiger charge is -1.99. The highest BCUT2D eigenvalue weighted by Crippen LogP contribution is 2.20. The molecule has 0 unspecified atom stereocenters. The van der Waals surface area contributed by atoms with Crippen LogP contribution in [-0.2, 0) is 6.42 Å². The number of rotatable bonds is 16. The molecule has 0 bridgehead atoms. The topological polar surface area (TPSA) is 69.1 Å². The second-order valence-electron chi connectivity index (χ2n) is 8.82. The highest BCUT2D eigenvalue weighted by molar-refractivity contribution is 5.79. The number of unbranched alkanes of at least 4 members (excludes halogenated alkanes) is 11. The molecule has 1 aromatic carbocycles. The van der Waals surface area contributed by atoms with Crippen molar-refractivity contribution in [1.29, 1.82) is 0 Å². The third-order valence-electron chi connectivity index (χ3n) is 5.99. The van der Waals surface area contributed by atoms with E-state index in [4.69, 9.17) is 8.83 Å². The highest BCUT2D eigenvalue weighted by atomic mass is 16.4. The summed E-state index contributed by atoms with van der Waals surface area (Å²) in [5.74, 6) is 0.812. The molecule has 0 saturated carbocycles. The van der Waals surface area contributed by atoms with Gasteiger partial charge < -0.3 is 8.83 Å². The molecule has 0 aliphatic heterocycles. The van der Waals surface area contributed by atoms with Crippen LogP contribution in [-0.4, -0.2) is 10.2 Å². The van der Waals surface area contributed by atoms with Crippen LogP contribution in [0.4, 0.5) is 0 Å². The Morgan fingerprint density at radius 3 is 2.21 bits per heavy atom.